The Morgan fingerprint density at radius 3 is 2.91 bits per heavy atom. The largest absolute Gasteiger partial charge is 0.411 e. The highest BCUT2D eigenvalue weighted by Crippen LogP contribution is 2.05. The molecule has 0 aromatic carbocycles. The van der Waals surface area contributed by atoms with Crippen molar-refractivity contribution in [3.63, 3.8) is 0 Å². The number of likely N-dealkylation sites (tertiary alicyclic amines) is 1. The fourth-order valence-corrected chi connectivity index (χ4v) is 1.27. The monoisotopic (exact) mass is 178 g/mol. The maximum atomic E-state index is 8.47. The van der Waals surface area contributed by atoms with Gasteiger partial charge in [-0.3, -0.25) is 4.90 Å². The van der Waals surface area contributed by atoms with Crippen LogP contribution in [0.5, 0.6) is 0 Å². The van der Waals surface area contributed by atoms with Crippen LogP contribution >= 0.6 is 12.4 Å². The van der Waals surface area contributed by atoms with Gasteiger partial charge in [-0.2, -0.15) is 0 Å². The number of piperidine rings is 1. The summed E-state index contributed by atoms with van der Waals surface area (Å²) in [4.78, 5) is 2.28. The van der Waals surface area contributed by atoms with E-state index in [0.29, 0.717) is 0 Å². The van der Waals surface area contributed by atoms with Crippen LogP contribution in [0.15, 0.2) is 5.16 Å². The summed E-state index contributed by atoms with van der Waals surface area (Å²) in [5, 5.41) is 11.7. The van der Waals surface area contributed by atoms with Gasteiger partial charge in [-0.1, -0.05) is 12.1 Å². The van der Waals surface area contributed by atoms with E-state index in [9.17, 15) is 0 Å². The van der Waals surface area contributed by atoms with Crippen molar-refractivity contribution in [1.82, 2.24) is 4.90 Å². The molecule has 0 amide bonds. The third-order valence-corrected chi connectivity index (χ3v) is 1.93. The van der Waals surface area contributed by atoms with Gasteiger partial charge in [0.2, 0.25) is 0 Å². The molecule has 1 heterocycles. The topological polar surface area (TPSA) is 35.8 Å². The second-order valence-electron chi connectivity index (χ2n) is 2.64. The highest BCUT2D eigenvalue weighted by molar-refractivity contribution is 5.86. The van der Waals surface area contributed by atoms with Crippen molar-refractivity contribution in [3.8, 4) is 0 Å². The number of hydrogen-bond donors (Lipinski definition) is 1. The normalized spacial score (nSPS) is 23.2. The first-order chi connectivity index (χ1) is 4.86. The zero-order valence-corrected chi connectivity index (χ0v) is 7.60. The molecular weight excluding hydrogens is 164 g/mol. The quantitative estimate of drug-likeness (QED) is 0.486. The summed E-state index contributed by atoms with van der Waals surface area (Å²) in [6.07, 6.45) is 2.10. The third kappa shape index (κ3) is 3.08. The van der Waals surface area contributed by atoms with Crippen molar-refractivity contribution in [2.45, 2.75) is 19.8 Å². The van der Waals surface area contributed by atoms with E-state index in [0.717, 1.165) is 38.2 Å². The van der Waals surface area contributed by atoms with Crippen molar-refractivity contribution in [2.75, 3.05) is 19.6 Å². The minimum absolute atomic E-state index is 0. The van der Waals surface area contributed by atoms with E-state index in [2.05, 4.69) is 17.0 Å². The third-order valence-electron chi connectivity index (χ3n) is 1.93. The number of oxime groups is 1. The van der Waals surface area contributed by atoms with Gasteiger partial charge in [0.1, 0.15) is 0 Å². The lowest BCUT2D eigenvalue weighted by atomic mass is 10.1. The molecule has 1 aliphatic heterocycles. The number of hydrogen-bond acceptors (Lipinski definition) is 3. The lowest BCUT2D eigenvalue weighted by molar-refractivity contribution is 0.281. The molecule has 4 heteroatoms. The van der Waals surface area contributed by atoms with Crippen molar-refractivity contribution >= 4 is 18.1 Å². The van der Waals surface area contributed by atoms with E-state index >= 15 is 0 Å². The molecule has 1 fully saturated rings. The fraction of sp³-hybridized carbons (Fsp3) is 0.857. The first-order valence-corrected chi connectivity index (χ1v) is 3.79. The summed E-state index contributed by atoms with van der Waals surface area (Å²) in [7, 11) is 0. The van der Waals surface area contributed by atoms with Gasteiger partial charge in [0, 0.05) is 6.54 Å². The van der Waals surface area contributed by atoms with Crippen molar-refractivity contribution in [3.05, 3.63) is 0 Å². The van der Waals surface area contributed by atoms with E-state index < -0.39 is 0 Å². The molecule has 0 saturated carbocycles. The van der Waals surface area contributed by atoms with Gasteiger partial charge < -0.3 is 5.21 Å². The van der Waals surface area contributed by atoms with Gasteiger partial charge in [-0.25, -0.2) is 0 Å². The molecule has 0 aliphatic carbocycles. The molecule has 1 saturated heterocycles. The Balaban J connectivity index is 0.000001000. The second kappa shape index (κ2) is 5.38. The van der Waals surface area contributed by atoms with Crippen LogP contribution in [0.4, 0.5) is 0 Å². The van der Waals surface area contributed by atoms with Crippen LogP contribution in [0.1, 0.15) is 19.8 Å². The number of halogens is 1. The highest BCUT2D eigenvalue weighted by atomic mass is 35.5. The SMILES string of the molecule is CCN1CCCC(=NO)C1.Cl. The van der Waals surface area contributed by atoms with Gasteiger partial charge in [0.05, 0.1) is 5.71 Å². The van der Waals surface area contributed by atoms with E-state index in [1.54, 1.807) is 0 Å². The van der Waals surface area contributed by atoms with E-state index in [1.165, 1.54) is 0 Å². The molecule has 3 nitrogen and oxygen atoms in total. The summed E-state index contributed by atoms with van der Waals surface area (Å²) >= 11 is 0. The van der Waals surface area contributed by atoms with Crippen LogP contribution in [-0.2, 0) is 0 Å². The van der Waals surface area contributed by atoms with E-state index in [-0.39, 0.29) is 12.4 Å². The van der Waals surface area contributed by atoms with Crippen LogP contribution in [0.2, 0.25) is 0 Å². The zero-order valence-electron chi connectivity index (χ0n) is 6.79. The molecule has 66 valence electrons. The average molecular weight is 179 g/mol. The van der Waals surface area contributed by atoms with Crippen LogP contribution in [0.25, 0.3) is 0 Å². The molecule has 0 radical (unpaired) electrons. The van der Waals surface area contributed by atoms with Gasteiger partial charge >= 0.3 is 0 Å². The average Bonchev–Trinajstić information content (AvgIpc) is 2.05. The first kappa shape index (κ1) is 10.7. The Hall–Kier alpha value is -0.280. The maximum Gasteiger partial charge on any atom is 0.0711 e. The van der Waals surface area contributed by atoms with Crippen LogP contribution in [-0.4, -0.2) is 35.5 Å². The lowest BCUT2D eigenvalue weighted by Crippen LogP contribution is -2.35. The molecule has 0 aromatic rings. The Kier molecular flexibility index (Phi) is 5.24. The highest BCUT2D eigenvalue weighted by Gasteiger charge is 2.13. The molecule has 1 N–H and O–H groups in total. The molecular formula is C7H15ClN2O. The van der Waals surface area contributed by atoms with Gasteiger partial charge in [0.25, 0.3) is 0 Å². The summed E-state index contributed by atoms with van der Waals surface area (Å²) in [6, 6.07) is 0. The summed E-state index contributed by atoms with van der Waals surface area (Å²) in [6.45, 7) is 5.18. The van der Waals surface area contributed by atoms with Crippen molar-refractivity contribution in [1.29, 1.82) is 0 Å². The standard InChI is InChI=1S/C7H14N2O.ClH/c1-2-9-5-3-4-7(6-9)8-10;/h10H,2-6H2,1H3;1H. The number of nitrogens with zero attached hydrogens (tertiary/aromatic N) is 2. The van der Waals surface area contributed by atoms with E-state index in [4.69, 9.17) is 5.21 Å². The molecule has 0 unspecified atom stereocenters. The van der Waals surface area contributed by atoms with Gasteiger partial charge in [0.15, 0.2) is 0 Å². The Bertz CT molecular complexity index is 138. The second-order valence-corrected chi connectivity index (χ2v) is 2.64. The molecule has 0 spiro atoms. The minimum Gasteiger partial charge on any atom is -0.411 e. The fourth-order valence-electron chi connectivity index (χ4n) is 1.27. The Morgan fingerprint density at radius 1 is 1.64 bits per heavy atom. The summed E-state index contributed by atoms with van der Waals surface area (Å²) in [5.74, 6) is 0. The molecule has 0 bridgehead atoms. The number of rotatable bonds is 1. The Labute approximate surface area is 73.5 Å². The molecule has 1 rings (SSSR count). The van der Waals surface area contributed by atoms with Crippen LogP contribution < -0.4 is 0 Å². The van der Waals surface area contributed by atoms with E-state index in [1.807, 2.05) is 0 Å². The van der Waals surface area contributed by atoms with Crippen molar-refractivity contribution < 1.29 is 5.21 Å². The van der Waals surface area contributed by atoms with Crippen molar-refractivity contribution in [2.24, 2.45) is 5.16 Å². The van der Waals surface area contributed by atoms with Crippen LogP contribution in [0.3, 0.4) is 0 Å². The lowest BCUT2D eigenvalue weighted by Gasteiger charge is -2.25. The smallest absolute Gasteiger partial charge is 0.0711 e. The predicted octanol–water partition coefficient (Wildman–Crippen LogP) is 1.35. The molecule has 1 aliphatic rings. The Morgan fingerprint density at radius 2 is 2.36 bits per heavy atom. The molecule has 0 atom stereocenters. The summed E-state index contributed by atoms with van der Waals surface area (Å²) in [5.41, 5.74) is 0.924. The predicted molar refractivity (Wildman–Crippen MR) is 47.8 cm³/mol. The summed E-state index contributed by atoms with van der Waals surface area (Å²) < 4.78 is 0. The zero-order chi connectivity index (χ0) is 7.40. The van der Waals surface area contributed by atoms with Gasteiger partial charge in [-0.05, 0) is 25.9 Å². The van der Waals surface area contributed by atoms with Crippen LogP contribution in [0, 0.1) is 0 Å². The molecule has 11 heavy (non-hydrogen) atoms. The molecule has 0 aromatic heterocycles. The van der Waals surface area contributed by atoms with Gasteiger partial charge in [-0.15, -0.1) is 12.4 Å². The minimum atomic E-state index is 0. The first-order valence-electron chi connectivity index (χ1n) is 3.79. The maximum absolute atomic E-state index is 8.47.